The van der Waals surface area contributed by atoms with E-state index < -0.39 is 5.25 Å². The van der Waals surface area contributed by atoms with Crippen LogP contribution >= 0.6 is 23.4 Å². The van der Waals surface area contributed by atoms with Gasteiger partial charge in [0.25, 0.3) is 0 Å². The van der Waals surface area contributed by atoms with Gasteiger partial charge in [0.15, 0.2) is 5.17 Å². The van der Waals surface area contributed by atoms with Crippen molar-refractivity contribution in [2.45, 2.75) is 51.2 Å². The Labute approximate surface area is 164 Å². The Balaban J connectivity index is 2.00. The van der Waals surface area contributed by atoms with Crippen molar-refractivity contribution < 1.29 is 9.59 Å². The quantitative estimate of drug-likeness (QED) is 0.623. The number of hydrogen-bond donors (Lipinski definition) is 1. The molecule has 0 saturated carbocycles. The summed E-state index contributed by atoms with van der Waals surface area (Å²) in [7, 11) is 0. The number of rotatable bonds is 9. The number of aliphatic imine (C=N–C) groups is 1. The molecule has 26 heavy (non-hydrogen) atoms. The fourth-order valence-corrected chi connectivity index (χ4v) is 3.94. The van der Waals surface area contributed by atoms with Crippen molar-refractivity contribution in [3.63, 3.8) is 0 Å². The topological polar surface area (TPSA) is 61.8 Å². The lowest BCUT2D eigenvalue weighted by Crippen LogP contribution is -2.34. The number of carbonyl (C=O) groups excluding carboxylic acids is 2. The number of hydrogen-bond acceptors (Lipinski definition) is 4. The van der Waals surface area contributed by atoms with E-state index in [2.05, 4.69) is 24.2 Å². The Morgan fingerprint density at radius 3 is 2.77 bits per heavy atom. The van der Waals surface area contributed by atoms with Crippen LogP contribution in [0, 0.1) is 0 Å². The zero-order valence-electron chi connectivity index (χ0n) is 15.3. The first kappa shape index (κ1) is 20.8. The smallest absolute Gasteiger partial charge is 0.242 e. The molecular weight excluding hydrogens is 370 g/mol. The molecule has 7 heteroatoms. The molecule has 1 aromatic rings. The molecule has 2 rings (SSSR count). The molecule has 0 aromatic heterocycles. The van der Waals surface area contributed by atoms with E-state index in [9.17, 15) is 9.59 Å². The highest BCUT2D eigenvalue weighted by Gasteiger charge is 2.38. The second kappa shape index (κ2) is 10.6. The molecule has 5 nitrogen and oxygen atoms in total. The van der Waals surface area contributed by atoms with Crippen LogP contribution in [0.15, 0.2) is 29.3 Å². The third-order valence-corrected chi connectivity index (χ3v) is 5.44. The minimum Gasteiger partial charge on any atom is -0.326 e. The average Bonchev–Trinajstić information content (AvgIpc) is 2.88. The number of nitrogens with one attached hydrogen (secondary N) is 1. The van der Waals surface area contributed by atoms with Gasteiger partial charge in [0, 0.05) is 30.2 Å². The first-order valence-corrected chi connectivity index (χ1v) is 10.4. The van der Waals surface area contributed by atoms with E-state index in [1.807, 2.05) is 0 Å². The molecule has 0 unspecified atom stereocenters. The van der Waals surface area contributed by atoms with Crippen molar-refractivity contribution >= 4 is 46.0 Å². The minimum atomic E-state index is -0.411. The lowest BCUT2D eigenvalue weighted by molar-refractivity contribution is -0.128. The van der Waals surface area contributed by atoms with E-state index in [0.717, 1.165) is 37.4 Å². The molecule has 1 aliphatic rings. The summed E-state index contributed by atoms with van der Waals surface area (Å²) in [6.45, 7) is 5.60. The molecule has 0 aliphatic carbocycles. The van der Waals surface area contributed by atoms with Crippen LogP contribution in [0.5, 0.6) is 0 Å². The number of amidine groups is 1. The normalized spacial score (nSPS) is 18.6. The summed E-state index contributed by atoms with van der Waals surface area (Å²) in [5.74, 6) is -0.205. The van der Waals surface area contributed by atoms with Gasteiger partial charge < -0.3 is 5.32 Å². The number of thioether (sulfide) groups is 1. The predicted octanol–water partition coefficient (Wildman–Crippen LogP) is 4.57. The molecule has 1 saturated heterocycles. The summed E-state index contributed by atoms with van der Waals surface area (Å²) < 4.78 is 0. The van der Waals surface area contributed by atoms with Crippen molar-refractivity contribution in [3.8, 4) is 0 Å². The first-order valence-electron chi connectivity index (χ1n) is 9.13. The van der Waals surface area contributed by atoms with Crippen LogP contribution in [0.3, 0.4) is 0 Å². The summed E-state index contributed by atoms with van der Waals surface area (Å²) in [5, 5.41) is 3.72. The summed E-state index contributed by atoms with van der Waals surface area (Å²) in [6.07, 6.45) is 4.14. The largest absolute Gasteiger partial charge is 0.326 e. The van der Waals surface area contributed by atoms with Crippen LogP contribution in [0.2, 0.25) is 5.02 Å². The summed E-state index contributed by atoms with van der Waals surface area (Å²) >= 11 is 7.35. The molecule has 1 aliphatic heterocycles. The molecule has 0 bridgehead atoms. The fourth-order valence-electron chi connectivity index (χ4n) is 2.56. The highest BCUT2D eigenvalue weighted by Crippen LogP contribution is 2.30. The van der Waals surface area contributed by atoms with E-state index in [1.54, 1.807) is 29.2 Å². The summed E-state index contributed by atoms with van der Waals surface area (Å²) in [6, 6.07) is 6.99. The zero-order chi connectivity index (χ0) is 18.9. The molecule has 2 amide bonds. The van der Waals surface area contributed by atoms with E-state index >= 15 is 0 Å². The van der Waals surface area contributed by atoms with Gasteiger partial charge in [0.05, 0.1) is 0 Å². The average molecular weight is 396 g/mol. The number of unbranched alkanes of at least 4 members (excludes halogenated alkanes) is 2. The minimum absolute atomic E-state index is 0.0139. The van der Waals surface area contributed by atoms with Gasteiger partial charge in [-0.1, -0.05) is 56.1 Å². The Kier molecular flexibility index (Phi) is 8.45. The highest BCUT2D eigenvalue weighted by atomic mass is 35.5. The number of carbonyl (C=O) groups is 2. The number of anilines is 1. The van der Waals surface area contributed by atoms with Gasteiger partial charge in [0.2, 0.25) is 11.8 Å². The zero-order valence-corrected chi connectivity index (χ0v) is 16.9. The van der Waals surface area contributed by atoms with Gasteiger partial charge in [0.1, 0.15) is 5.25 Å². The summed E-state index contributed by atoms with van der Waals surface area (Å²) in [5.41, 5.74) is 0.637. The molecule has 142 valence electrons. The van der Waals surface area contributed by atoms with Gasteiger partial charge in [-0.25, -0.2) is 0 Å². The SMILES string of the molecule is CCCCN=C1S[C@@H](CC(=O)Nc2cccc(Cl)c2)C(=O)N1CCCC. The van der Waals surface area contributed by atoms with Gasteiger partial charge in [-0.05, 0) is 31.0 Å². The van der Waals surface area contributed by atoms with Crippen LogP contribution in [0.1, 0.15) is 46.0 Å². The van der Waals surface area contributed by atoms with Crippen molar-refractivity contribution in [2.24, 2.45) is 4.99 Å². The van der Waals surface area contributed by atoms with Crippen molar-refractivity contribution in [3.05, 3.63) is 29.3 Å². The lowest BCUT2D eigenvalue weighted by atomic mass is 10.2. The van der Waals surface area contributed by atoms with Crippen molar-refractivity contribution in [2.75, 3.05) is 18.4 Å². The Morgan fingerprint density at radius 2 is 2.08 bits per heavy atom. The molecule has 1 aromatic carbocycles. The third kappa shape index (κ3) is 6.02. The van der Waals surface area contributed by atoms with Crippen LogP contribution in [0.4, 0.5) is 5.69 Å². The fraction of sp³-hybridized carbons (Fsp3) is 0.526. The van der Waals surface area contributed by atoms with Crippen molar-refractivity contribution in [1.29, 1.82) is 0 Å². The third-order valence-electron chi connectivity index (χ3n) is 3.99. The van der Waals surface area contributed by atoms with E-state index in [1.165, 1.54) is 11.8 Å². The molecule has 1 N–H and O–H groups in total. The molecule has 0 radical (unpaired) electrons. The maximum absolute atomic E-state index is 12.7. The maximum atomic E-state index is 12.7. The van der Waals surface area contributed by atoms with E-state index in [-0.39, 0.29) is 18.2 Å². The van der Waals surface area contributed by atoms with E-state index in [4.69, 9.17) is 11.6 Å². The lowest BCUT2D eigenvalue weighted by Gasteiger charge is -2.15. The van der Waals surface area contributed by atoms with Gasteiger partial charge >= 0.3 is 0 Å². The monoisotopic (exact) mass is 395 g/mol. The Morgan fingerprint density at radius 1 is 1.31 bits per heavy atom. The number of amides is 2. The first-order chi connectivity index (χ1) is 12.5. The molecular formula is C19H26ClN3O2S. The number of nitrogens with zero attached hydrogens (tertiary/aromatic N) is 2. The van der Waals surface area contributed by atoms with Gasteiger partial charge in [-0.3, -0.25) is 19.5 Å². The standard InChI is InChI=1S/C19H26ClN3O2S/c1-3-5-10-21-19-23(11-6-4-2)18(25)16(26-19)13-17(24)22-15-9-7-8-14(20)12-15/h7-9,12,16H,3-6,10-11,13H2,1-2H3,(H,22,24)/t16-/m0/s1. The number of benzene rings is 1. The van der Waals surface area contributed by atoms with E-state index in [0.29, 0.717) is 17.3 Å². The van der Waals surface area contributed by atoms with Crippen LogP contribution in [0.25, 0.3) is 0 Å². The van der Waals surface area contributed by atoms with Crippen LogP contribution < -0.4 is 5.32 Å². The highest BCUT2D eigenvalue weighted by molar-refractivity contribution is 8.15. The second-order valence-electron chi connectivity index (χ2n) is 6.23. The molecule has 1 heterocycles. The Bertz CT molecular complexity index is 666. The molecule has 0 spiro atoms. The van der Waals surface area contributed by atoms with Crippen molar-refractivity contribution in [1.82, 2.24) is 4.90 Å². The summed E-state index contributed by atoms with van der Waals surface area (Å²) in [4.78, 5) is 31.4. The molecule has 1 fully saturated rings. The Hall–Kier alpha value is -1.53. The maximum Gasteiger partial charge on any atom is 0.242 e. The van der Waals surface area contributed by atoms with Crippen LogP contribution in [-0.2, 0) is 9.59 Å². The molecule has 1 atom stereocenters. The predicted molar refractivity (Wildman–Crippen MR) is 110 cm³/mol. The second-order valence-corrected chi connectivity index (χ2v) is 7.84. The van der Waals surface area contributed by atoms with Crippen LogP contribution in [-0.4, -0.2) is 40.2 Å². The van der Waals surface area contributed by atoms with Gasteiger partial charge in [-0.2, -0.15) is 0 Å². The number of halogens is 1. The van der Waals surface area contributed by atoms with Gasteiger partial charge in [-0.15, -0.1) is 0 Å².